The maximum absolute atomic E-state index is 13.1. The van der Waals surface area contributed by atoms with Crippen LogP contribution in [0.3, 0.4) is 0 Å². The SMILES string of the molecule is CC(C)(C)OC(=O)N1CCN(c2ccc(NCCCCCCSc3ccnc4cc(C(F)(F)F)ccc34)c3c2OCCC3)CC1. The normalized spacial score (nSPS) is 15.5. The molecule has 1 fully saturated rings. The number of unbranched alkanes of at least 4 members (excludes halogenated alkanes) is 3. The van der Waals surface area contributed by atoms with Crippen molar-refractivity contribution in [2.24, 2.45) is 0 Å². The predicted molar refractivity (Wildman–Crippen MR) is 175 cm³/mol. The van der Waals surface area contributed by atoms with E-state index < -0.39 is 17.3 Å². The Hall–Kier alpha value is -3.34. The number of carbonyl (C=O) groups excluding carboxylic acids is 1. The lowest BCUT2D eigenvalue weighted by atomic mass is 10.0. The third-order valence-electron chi connectivity index (χ3n) is 8.00. The molecule has 1 N–H and O–H groups in total. The summed E-state index contributed by atoms with van der Waals surface area (Å²) in [4.78, 5) is 21.7. The fourth-order valence-corrected chi connectivity index (χ4v) is 6.78. The van der Waals surface area contributed by atoms with Crippen molar-refractivity contribution in [2.75, 3.05) is 55.3 Å². The summed E-state index contributed by atoms with van der Waals surface area (Å²) in [6, 6.07) is 9.97. The second-order valence-corrected chi connectivity index (χ2v) is 13.7. The van der Waals surface area contributed by atoms with Crippen molar-refractivity contribution in [3.05, 3.63) is 53.7 Å². The number of nitrogens with one attached hydrogen (secondary N) is 1. The first kappa shape index (κ1) is 33.0. The topological polar surface area (TPSA) is 66.9 Å². The Bertz CT molecular complexity index is 1470. The number of benzene rings is 2. The van der Waals surface area contributed by atoms with Gasteiger partial charge in [-0.3, -0.25) is 4.98 Å². The van der Waals surface area contributed by atoms with E-state index in [0.29, 0.717) is 25.2 Å². The van der Waals surface area contributed by atoms with Crippen molar-refractivity contribution < 1.29 is 27.4 Å². The fraction of sp³-hybridized carbons (Fsp3) is 0.529. The molecule has 244 valence electrons. The quantitative estimate of drug-likeness (QED) is 0.176. The number of rotatable bonds is 10. The highest BCUT2D eigenvalue weighted by Gasteiger charge is 2.31. The predicted octanol–water partition coefficient (Wildman–Crippen LogP) is 8.40. The molecule has 0 saturated carbocycles. The Balaban J connectivity index is 1.06. The van der Waals surface area contributed by atoms with Crippen LogP contribution in [0.25, 0.3) is 10.9 Å². The van der Waals surface area contributed by atoms with Gasteiger partial charge in [-0.1, -0.05) is 18.9 Å². The first-order valence-corrected chi connectivity index (χ1v) is 16.8. The van der Waals surface area contributed by atoms with E-state index in [0.717, 1.165) is 103 Å². The third-order valence-corrected chi connectivity index (χ3v) is 9.16. The van der Waals surface area contributed by atoms with Crippen LogP contribution in [0, 0.1) is 0 Å². The van der Waals surface area contributed by atoms with E-state index in [9.17, 15) is 18.0 Å². The number of nitrogens with zero attached hydrogens (tertiary/aromatic N) is 3. The molecule has 2 aliphatic heterocycles. The molecule has 0 unspecified atom stereocenters. The highest BCUT2D eigenvalue weighted by Crippen LogP contribution is 2.40. The van der Waals surface area contributed by atoms with E-state index in [-0.39, 0.29) is 6.09 Å². The number of carbonyl (C=O) groups is 1. The Morgan fingerprint density at radius 2 is 1.80 bits per heavy atom. The van der Waals surface area contributed by atoms with Crippen LogP contribution in [0.5, 0.6) is 5.75 Å². The van der Waals surface area contributed by atoms with E-state index in [4.69, 9.17) is 9.47 Å². The first-order chi connectivity index (χ1) is 21.5. The van der Waals surface area contributed by atoms with Gasteiger partial charge in [-0.15, -0.1) is 11.8 Å². The molecule has 0 bridgehead atoms. The summed E-state index contributed by atoms with van der Waals surface area (Å²) in [5.41, 5.74) is 2.67. The highest BCUT2D eigenvalue weighted by molar-refractivity contribution is 7.99. The van der Waals surface area contributed by atoms with Crippen LogP contribution in [0.15, 0.2) is 47.5 Å². The average molecular weight is 645 g/mol. The van der Waals surface area contributed by atoms with Gasteiger partial charge in [0.15, 0.2) is 0 Å². The van der Waals surface area contributed by atoms with Gasteiger partial charge in [0.2, 0.25) is 0 Å². The summed E-state index contributed by atoms with van der Waals surface area (Å²) in [6.45, 7) is 9.94. The Morgan fingerprint density at radius 3 is 2.56 bits per heavy atom. The summed E-state index contributed by atoms with van der Waals surface area (Å²) in [5, 5.41) is 4.40. The van der Waals surface area contributed by atoms with E-state index >= 15 is 0 Å². The third kappa shape index (κ3) is 8.68. The van der Waals surface area contributed by atoms with Crippen LogP contribution < -0.4 is 15.0 Å². The number of amides is 1. The molecule has 0 radical (unpaired) electrons. The standard InChI is InChI=1S/C34H43F3N4O3S/c1-33(2,3)44-32(42)41-19-17-40(18-20-41)29-13-12-27(26-9-8-21-43-31(26)29)38-15-6-4-5-7-22-45-30-14-16-39-28-23-24(34(35,36)37)10-11-25(28)30/h10-14,16,23,38H,4-9,15,17-22H2,1-3H3. The summed E-state index contributed by atoms with van der Waals surface area (Å²) in [6.07, 6.45) is 3.19. The number of thioether (sulfide) groups is 1. The van der Waals surface area contributed by atoms with Gasteiger partial charge in [0.05, 0.1) is 23.4 Å². The first-order valence-electron chi connectivity index (χ1n) is 15.8. The summed E-state index contributed by atoms with van der Waals surface area (Å²) in [5.74, 6) is 1.87. The second-order valence-electron chi connectivity index (χ2n) is 12.6. The molecule has 0 atom stereocenters. The van der Waals surface area contributed by atoms with Gasteiger partial charge < -0.3 is 24.6 Å². The molecule has 5 rings (SSSR count). The minimum atomic E-state index is -4.37. The van der Waals surface area contributed by atoms with Gasteiger partial charge in [0.25, 0.3) is 0 Å². The van der Waals surface area contributed by atoms with Crippen LogP contribution in [0.4, 0.5) is 29.3 Å². The van der Waals surface area contributed by atoms with Gasteiger partial charge >= 0.3 is 12.3 Å². The lowest BCUT2D eigenvalue weighted by Crippen LogP contribution is -2.50. The average Bonchev–Trinajstić information content (AvgIpc) is 3.01. The largest absolute Gasteiger partial charge is 0.491 e. The molecule has 0 spiro atoms. The maximum Gasteiger partial charge on any atom is 0.416 e. The molecule has 3 heterocycles. The minimum absolute atomic E-state index is 0.257. The lowest BCUT2D eigenvalue weighted by molar-refractivity contribution is -0.137. The van der Waals surface area contributed by atoms with Crippen LogP contribution in [-0.4, -0.2) is 66.7 Å². The van der Waals surface area contributed by atoms with Gasteiger partial charge in [-0.05, 0) is 82.5 Å². The highest BCUT2D eigenvalue weighted by atomic mass is 32.2. The molecule has 45 heavy (non-hydrogen) atoms. The zero-order chi connectivity index (χ0) is 32.0. The van der Waals surface area contributed by atoms with Crippen LogP contribution in [-0.2, 0) is 17.3 Å². The van der Waals surface area contributed by atoms with Crippen LogP contribution in [0.2, 0.25) is 0 Å². The monoisotopic (exact) mass is 644 g/mol. The van der Waals surface area contributed by atoms with Gasteiger partial charge in [0.1, 0.15) is 11.4 Å². The van der Waals surface area contributed by atoms with Crippen molar-refractivity contribution >= 4 is 40.1 Å². The van der Waals surface area contributed by atoms with Crippen molar-refractivity contribution in [1.29, 1.82) is 0 Å². The van der Waals surface area contributed by atoms with Gasteiger partial charge in [-0.25, -0.2) is 4.79 Å². The molecule has 0 aliphatic carbocycles. The second kappa shape index (κ2) is 14.4. The number of aromatic nitrogens is 1. The van der Waals surface area contributed by atoms with E-state index in [2.05, 4.69) is 27.3 Å². The number of pyridine rings is 1. The number of ether oxygens (including phenoxy) is 2. The Kier molecular flexibility index (Phi) is 10.6. The number of alkyl halides is 3. The Morgan fingerprint density at radius 1 is 1.02 bits per heavy atom. The zero-order valence-corrected chi connectivity index (χ0v) is 27.2. The van der Waals surface area contributed by atoms with E-state index in [1.54, 1.807) is 22.9 Å². The van der Waals surface area contributed by atoms with Crippen LogP contribution in [0.1, 0.15) is 64.0 Å². The molecule has 1 saturated heterocycles. The summed E-state index contributed by atoms with van der Waals surface area (Å²) >= 11 is 1.68. The Labute approximate surface area is 267 Å². The number of anilines is 2. The molecule has 2 aromatic carbocycles. The van der Waals surface area contributed by atoms with Gasteiger partial charge in [0, 0.05) is 60.5 Å². The molecule has 1 amide bonds. The van der Waals surface area contributed by atoms with Crippen molar-refractivity contribution in [2.45, 2.75) is 76.0 Å². The smallest absolute Gasteiger partial charge is 0.416 e. The summed E-state index contributed by atoms with van der Waals surface area (Å²) in [7, 11) is 0. The number of halogens is 3. The molecule has 11 heteroatoms. The molecular formula is C34H43F3N4O3S. The molecule has 2 aliphatic rings. The lowest BCUT2D eigenvalue weighted by Gasteiger charge is -2.38. The van der Waals surface area contributed by atoms with E-state index in [1.807, 2.05) is 26.8 Å². The maximum atomic E-state index is 13.1. The van der Waals surface area contributed by atoms with Crippen molar-refractivity contribution in [1.82, 2.24) is 9.88 Å². The number of hydrogen-bond donors (Lipinski definition) is 1. The van der Waals surface area contributed by atoms with E-state index in [1.165, 1.54) is 11.6 Å². The van der Waals surface area contributed by atoms with Crippen molar-refractivity contribution in [3.8, 4) is 5.75 Å². The van der Waals surface area contributed by atoms with Gasteiger partial charge in [-0.2, -0.15) is 13.2 Å². The summed E-state index contributed by atoms with van der Waals surface area (Å²) < 4.78 is 50.9. The zero-order valence-electron chi connectivity index (χ0n) is 26.3. The van der Waals surface area contributed by atoms with Crippen LogP contribution >= 0.6 is 11.8 Å². The molecule has 1 aromatic heterocycles. The molecule has 3 aromatic rings. The fourth-order valence-electron chi connectivity index (χ4n) is 5.73. The van der Waals surface area contributed by atoms with Crippen molar-refractivity contribution in [3.63, 3.8) is 0 Å². The molecular weight excluding hydrogens is 601 g/mol. The number of piperazine rings is 1. The minimum Gasteiger partial charge on any atom is -0.491 e. The number of fused-ring (bicyclic) bond motifs is 2. The molecule has 7 nitrogen and oxygen atoms in total. The number of hydrogen-bond acceptors (Lipinski definition) is 7.